The number of carbonyl (C=O) groups excluding carboxylic acids is 1. The molecule has 0 saturated carbocycles. The SMILES string of the molecule is Cc1cc(-c2cnc3c(NCCC(F)(F)F)cc(Nc4ccc(F)c(F)c4)nn23)ccc1C(N)=O. The van der Waals surface area contributed by atoms with Gasteiger partial charge in [-0.1, -0.05) is 6.07 Å². The average molecular weight is 490 g/mol. The Morgan fingerprint density at radius 3 is 2.51 bits per heavy atom. The zero-order valence-electron chi connectivity index (χ0n) is 18.3. The van der Waals surface area contributed by atoms with Crippen LogP contribution in [0.4, 0.5) is 39.1 Å². The van der Waals surface area contributed by atoms with Crippen LogP contribution in [0.15, 0.2) is 48.7 Å². The van der Waals surface area contributed by atoms with E-state index in [1.54, 1.807) is 25.1 Å². The summed E-state index contributed by atoms with van der Waals surface area (Å²) < 4.78 is 66.4. The maximum atomic E-state index is 13.7. The van der Waals surface area contributed by atoms with Crippen LogP contribution in [0.1, 0.15) is 22.3 Å². The minimum Gasteiger partial charge on any atom is -0.382 e. The zero-order chi connectivity index (χ0) is 25.3. The maximum absolute atomic E-state index is 13.7. The van der Waals surface area contributed by atoms with Gasteiger partial charge in [-0.05, 0) is 36.8 Å². The number of hydrogen-bond acceptors (Lipinski definition) is 5. The van der Waals surface area contributed by atoms with E-state index >= 15 is 0 Å². The smallest absolute Gasteiger partial charge is 0.382 e. The van der Waals surface area contributed by atoms with Gasteiger partial charge in [0, 0.05) is 35.5 Å². The highest BCUT2D eigenvalue weighted by molar-refractivity contribution is 5.95. The number of nitrogens with one attached hydrogen (secondary N) is 2. The Labute approximate surface area is 195 Å². The molecule has 0 atom stereocenters. The van der Waals surface area contributed by atoms with Crippen LogP contribution >= 0.6 is 0 Å². The number of hydrogen-bond donors (Lipinski definition) is 3. The first-order valence-electron chi connectivity index (χ1n) is 10.3. The monoisotopic (exact) mass is 490 g/mol. The molecular weight excluding hydrogens is 471 g/mol. The normalized spacial score (nSPS) is 11.6. The van der Waals surface area contributed by atoms with Gasteiger partial charge in [0.1, 0.15) is 0 Å². The molecule has 182 valence electrons. The molecule has 2 aromatic carbocycles. The van der Waals surface area contributed by atoms with Crippen molar-refractivity contribution in [3.05, 3.63) is 71.4 Å². The van der Waals surface area contributed by atoms with Crippen molar-refractivity contribution in [2.24, 2.45) is 5.73 Å². The van der Waals surface area contributed by atoms with Gasteiger partial charge >= 0.3 is 6.18 Å². The number of imidazole rings is 1. The van der Waals surface area contributed by atoms with Crippen LogP contribution in [-0.2, 0) is 0 Å². The zero-order valence-corrected chi connectivity index (χ0v) is 18.3. The molecule has 0 radical (unpaired) electrons. The number of aryl methyl sites for hydroxylation is 1. The summed E-state index contributed by atoms with van der Waals surface area (Å²) in [5, 5.41) is 9.97. The lowest BCUT2D eigenvalue weighted by atomic mass is 10.0. The molecule has 0 bridgehead atoms. The molecule has 0 aliphatic rings. The number of carbonyl (C=O) groups is 1. The van der Waals surface area contributed by atoms with E-state index in [9.17, 15) is 26.7 Å². The van der Waals surface area contributed by atoms with Gasteiger partial charge in [0.25, 0.3) is 0 Å². The standard InChI is InChI=1S/C23H19F5N6O/c1-12-8-13(2-4-15(12)21(29)35)19-11-31-22-18(30-7-6-23(26,27)28)10-20(33-34(19)22)32-14-3-5-16(24)17(25)9-14/h2-5,8-11,30H,6-7H2,1H3,(H2,29,35)(H,32,33). The topological polar surface area (TPSA) is 97.3 Å². The Morgan fingerprint density at radius 2 is 1.86 bits per heavy atom. The summed E-state index contributed by atoms with van der Waals surface area (Å²) in [6.07, 6.45) is -3.95. The molecule has 0 unspecified atom stereocenters. The fourth-order valence-electron chi connectivity index (χ4n) is 3.52. The molecule has 0 spiro atoms. The van der Waals surface area contributed by atoms with Crippen molar-refractivity contribution < 1.29 is 26.7 Å². The van der Waals surface area contributed by atoms with Crippen molar-refractivity contribution in [2.45, 2.75) is 19.5 Å². The molecule has 0 aliphatic heterocycles. The summed E-state index contributed by atoms with van der Waals surface area (Å²) in [7, 11) is 0. The molecule has 0 saturated heterocycles. The molecule has 1 amide bonds. The number of benzene rings is 2. The third-order valence-corrected chi connectivity index (χ3v) is 5.17. The predicted molar refractivity (Wildman–Crippen MR) is 120 cm³/mol. The van der Waals surface area contributed by atoms with Crippen LogP contribution in [0, 0.1) is 18.6 Å². The Kier molecular flexibility index (Phi) is 6.29. The van der Waals surface area contributed by atoms with Crippen molar-refractivity contribution in [1.29, 1.82) is 0 Å². The third-order valence-electron chi connectivity index (χ3n) is 5.17. The number of primary amides is 1. The number of anilines is 3. The number of nitrogens with zero attached hydrogens (tertiary/aromatic N) is 3. The van der Waals surface area contributed by atoms with Crippen molar-refractivity contribution >= 4 is 28.7 Å². The van der Waals surface area contributed by atoms with Gasteiger partial charge in [-0.15, -0.1) is 5.10 Å². The number of rotatable bonds is 7. The summed E-state index contributed by atoms with van der Waals surface area (Å²) >= 11 is 0. The van der Waals surface area contributed by atoms with Crippen LogP contribution < -0.4 is 16.4 Å². The highest BCUT2D eigenvalue weighted by Gasteiger charge is 2.26. The summed E-state index contributed by atoms with van der Waals surface area (Å²) in [6, 6.07) is 9.48. The van der Waals surface area contributed by atoms with Crippen molar-refractivity contribution in [1.82, 2.24) is 14.6 Å². The Hall–Kier alpha value is -4.22. The van der Waals surface area contributed by atoms with E-state index < -0.39 is 36.7 Å². The Balaban J connectivity index is 1.78. The van der Waals surface area contributed by atoms with Gasteiger partial charge in [-0.2, -0.15) is 13.2 Å². The second-order valence-electron chi connectivity index (χ2n) is 7.76. The van der Waals surface area contributed by atoms with Gasteiger partial charge in [0.15, 0.2) is 23.1 Å². The fraction of sp³-hybridized carbons (Fsp3) is 0.174. The van der Waals surface area contributed by atoms with Crippen molar-refractivity contribution in [3.63, 3.8) is 0 Å². The summed E-state index contributed by atoms with van der Waals surface area (Å²) in [5.74, 6) is -2.55. The van der Waals surface area contributed by atoms with Gasteiger partial charge in [-0.3, -0.25) is 4.79 Å². The van der Waals surface area contributed by atoms with Crippen LogP contribution in [-0.4, -0.2) is 33.2 Å². The third kappa shape index (κ3) is 5.31. The van der Waals surface area contributed by atoms with Crippen molar-refractivity contribution in [2.75, 3.05) is 17.2 Å². The van der Waals surface area contributed by atoms with E-state index in [4.69, 9.17) is 5.73 Å². The number of halogens is 5. The highest BCUT2D eigenvalue weighted by atomic mass is 19.4. The van der Waals surface area contributed by atoms with Crippen LogP contribution in [0.5, 0.6) is 0 Å². The van der Waals surface area contributed by atoms with E-state index in [0.29, 0.717) is 22.4 Å². The second-order valence-corrected chi connectivity index (χ2v) is 7.76. The molecular formula is C23H19F5N6O. The van der Waals surface area contributed by atoms with E-state index in [1.807, 2.05) is 0 Å². The largest absolute Gasteiger partial charge is 0.390 e. The molecule has 0 aliphatic carbocycles. The molecule has 2 heterocycles. The van der Waals surface area contributed by atoms with Crippen LogP contribution in [0.3, 0.4) is 0 Å². The van der Waals surface area contributed by atoms with E-state index in [2.05, 4.69) is 20.7 Å². The summed E-state index contributed by atoms with van der Waals surface area (Å²) in [4.78, 5) is 15.9. The first kappa shape index (κ1) is 23.9. The minimum absolute atomic E-state index is 0.141. The molecule has 4 rings (SSSR count). The lowest BCUT2D eigenvalue weighted by Gasteiger charge is -2.13. The first-order chi connectivity index (χ1) is 16.5. The van der Waals surface area contributed by atoms with Gasteiger partial charge < -0.3 is 16.4 Å². The molecule has 4 N–H and O–H groups in total. The number of fused-ring (bicyclic) bond motifs is 1. The van der Waals surface area contributed by atoms with E-state index in [0.717, 1.165) is 12.1 Å². The average Bonchev–Trinajstić information content (AvgIpc) is 3.19. The van der Waals surface area contributed by atoms with Gasteiger partial charge in [0.2, 0.25) is 5.91 Å². The first-order valence-corrected chi connectivity index (χ1v) is 10.3. The predicted octanol–water partition coefficient (Wildman–Crippen LogP) is 5.19. The molecule has 2 aromatic heterocycles. The molecule has 0 fully saturated rings. The minimum atomic E-state index is -4.36. The summed E-state index contributed by atoms with van der Waals surface area (Å²) in [6.45, 7) is 1.29. The van der Waals surface area contributed by atoms with Crippen LogP contribution in [0.25, 0.3) is 16.9 Å². The van der Waals surface area contributed by atoms with E-state index in [1.165, 1.54) is 22.8 Å². The number of amides is 1. The Morgan fingerprint density at radius 1 is 1.09 bits per heavy atom. The number of alkyl halides is 3. The quantitative estimate of drug-likeness (QED) is 0.310. The molecule has 12 heteroatoms. The highest BCUT2D eigenvalue weighted by Crippen LogP contribution is 2.29. The van der Waals surface area contributed by atoms with Crippen molar-refractivity contribution in [3.8, 4) is 11.3 Å². The molecule has 35 heavy (non-hydrogen) atoms. The fourth-order valence-corrected chi connectivity index (χ4v) is 3.52. The van der Waals surface area contributed by atoms with Gasteiger partial charge in [0.05, 0.1) is 24.0 Å². The lowest BCUT2D eigenvalue weighted by Crippen LogP contribution is -2.15. The Bertz CT molecular complexity index is 1420. The maximum Gasteiger partial charge on any atom is 0.390 e. The van der Waals surface area contributed by atoms with Crippen LogP contribution in [0.2, 0.25) is 0 Å². The number of nitrogens with two attached hydrogens (primary N) is 1. The van der Waals surface area contributed by atoms with Gasteiger partial charge in [-0.25, -0.2) is 18.3 Å². The lowest BCUT2D eigenvalue weighted by molar-refractivity contribution is -0.131. The summed E-state index contributed by atoms with van der Waals surface area (Å²) in [5.41, 5.74) is 8.09. The second kappa shape index (κ2) is 9.20. The molecule has 7 nitrogen and oxygen atoms in total. The number of aromatic nitrogens is 3. The molecule has 4 aromatic rings. The van der Waals surface area contributed by atoms with E-state index in [-0.39, 0.29) is 22.8 Å².